The van der Waals surface area contributed by atoms with Gasteiger partial charge in [0.15, 0.2) is 5.96 Å². The van der Waals surface area contributed by atoms with E-state index < -0.39 is 5.97 Å². The molecule has 0 bridgehead atoms. The molecular formula is C25H32N4O3. The second kappa shape index (κ2) is 12.9. The maximum Gasteiger partial charge on any atom is 0.343 e. The molecule has 0 saturated heterocycles. The van der Waals surface area contributed by atoms with Gasteiger partial charge in [-0.1, -0.05) is 38.8 Å². The van der Waals surface area contributed by atoms with Crippen LogP contribution in [-0.2, 0) is 4.79 Å². The van der Waals surface area contributed by atoms with Crippen molar-refractivity contribution >= 4 is 29.6 Å². The Morgan fingerprint density at radius 2 is 1.53 bits per heavy atom. The van der Waals surface area contributed by atoms with Gasteiger partial charge in [-0.15, -0.1) is 0 Å². The number of benzene rings is 2. The molecule has 0 saturated carbocycles. The molecule has 0 radical (unpaired) electrons. The lowest BCUT2D eigenvalue weighted by atomic mass is 10.2. The number of rotatable bonds is 11. The Bertz CT molecular complexity index is 923. The van der Waals surface area contributed by atoms with E-state index in [9.17, 15) is 9.59 Å². The predicted octanol–water partition coefficient (Wildman–Crippen LogP) is 4.25. The van der Waals surface area contributed by atoms with Crippen LogP contribution in [0.5, 0.6) is 5.75 Å². The number of nitrogens with two attached hydrogens (primary N) is 2. The minimum atomic E-state index is -0.484. The third-order valence-corrected chi connectivity index (χ3v) is 4.75. The second-order valence-corrected chi connectivity index (χ2v) is 7.41. The van der Waals surface area contributed by atoms with Crippen LogP contribution < -0.4 is 16.2 Å². The number of unbranched alkanes of at least 4 members (excludes halogenated alkanes) is 2. The summed E-state index contributed by atoms with van der Waals surface area (Å²) in [6.07, 6.45) is 7.49. The molecule has 0 aliphatic carbocycles. The summed E-state index contributed by atoms with van der Waals surface area (Å²) in [6, 6.07) is 13.4. The zero-order valence-corrected chi connectivity index (χ0v) is 18.8. The van der Waals surface area contributed by atoms with Crippen molar-refractivity contribution in [3.63, 3.8) is 0 Å². The lowest BCUT2D eigenvalue weighted by molar-refractivity contribution is -0.126. The monoisotopic (exact) mass is 436 g/mol. The molecule has 7 heteroatoms. The molecular weight excluding hydrogens is 404 g/mol. The van der Waals surface area contributed by atoms with Crippen LogP contribution in [0.4, 0.5) is 5.69 Å². The number of esters is 1. The predicted molar refractivity (Wildman–Crippen MR) is 129 cm³/mol. The fraction of sp³-hybridized carbons (Fsp3) is 0.320. The summed E-state index contributed by atoms with van der Waals surface area (Å²) < 4.78 is 5.41. The van der Waals surface area contributed by atoms with Crippen molar-refractivity contribution in [2.45, 2.75) is 39.5 Å². The van der Waals surface area contributed by atoms with Gasteiger partial charge in [0.05, 0.1) is 11.3 Å². The van der Waals surface area contributed by atoms with Gasteiger partial charge < -0.3 is 21.1 Å². The van der Waals surface area contributed by atoms with Gasteiger partial charge in [-0.3, -0.25) is 4.79 Å². The lowest BCUT2D eigenvalue weighted by Gasteiger charge is -2.20. The number of hydrogen-bond donors (Lipinski definition) is 2. The second-order valence-electron chi connectivity index (χ2n) is 7.41. The van der Waals surface area contributed by atoms with E-state index in [-0.39, 0.29) is 11.9 Å². The number of guanidine groups is 1. The van der Waals surface area contributed by atoms with Crippen LogP contribution in [0.1, 0.15) is 55.5 Å². The van der Waals surface area contributed by atoms with Crippen molar-refractivity contribution in [2.24, 2.45) is 16.5 Å². The van der Waals surface area contributed by atoms with Crippen molar-refractivity contribution in [3.05, 3.63) is 65.7 Å². The Labute approximate surface area is 189 Å². The first-order valence-corrected chi connectivity index (χ1v) is 10.9. The minimum Gasteiger partial charge on any atom is -0.423 e. The summed E-state index contributed by atoms with van der Waals surface area (Å²) in [5.41, 5.74) is 12.5. The molecule has 4 N–H and O–H groups in total. The highest BCUT2D eigenvalue weighted by Crippen LogP contribution is 2.17. The highest BCUT2D eigenvalue weighted by molar-refractivity contribution is 5.92. The maximum atomic E-state index is 12.5. The minimum absolute atomic E-state index is 0.0200. The number of carbonyl (C=O) groups is 2. The first kappa shape index (κ1) is 24.7. The molecule has 0 aliphatic heterocycles. The molecule has 170 valence electrons. The quantitative estimate of drug-likeness (QED) is 0.180. The van der Waals surface area contributed by atoms with Gasteiger partial charge in [-0.25, -0.2) is 9.79 Å². The molecule has 32 heavy (non-hydrogen) atoms. The number of aliphatic imine (C=N–C) groups is 1. The van der Waals surface area contributed by atoms with Crippen molar-refractivity contribution in [1.82, 2.24) is 4.90 Å². The van der Waals surface area contributed by atoms with Crippen LogP contribution in [0.25, 0.3) is 6.08 Å². The number of nitrogens with zero attached hydrogens (tertiary/aromatic N) is 2. The summed E-state index contributed by atoms with van der Waals surface area (Å²) in [5, 5.41) is 0. The Morgan fingerprint density at radius 3 is 2.06 bits per heavy atom. The van der Waals surface area contributed by atoms with Gasteiger partial charge >= 0.3 is 5.97 Å². The first-order chi connectivity index (χ1) is 15.4. The molecule has 0 heterocycles. The summed E-state index contributed by atoms with van der Waals surface area (Å²) in [5.74, 6) is -0.0983. The average molecular weight is 437 g/mol. The third-order valence-electron chi connectivity index (χ3n) is 4.75. The van der Waals surface area contributed by atoms with Gasteiger partial charge in [-0.2, -0.15) is 0 Å². The van der Waals surface area contributed by atoms with Crippen LogP contribution in [0.3, 0.4) is 0 Å². The SMILES string of the molecule is CCCCN(CCCC)C(=O)/C=C/c1ccc(OC(=O)c2ccc(N=C(N)N)cc2)cc1. The zero-order chi connectivity index (χ0) is 23.3. The van der Waals surface area contributed by atoms with Crippen molar-refractivity contribution in [3.8, 4) is 5.75 Å². The van der Waals surface area contributed by atoms with Gasteiger partial charge in [0.25, 0.3) is 0 Å². The molecule has 0 spiro atoms. The molecule has 0 atom stereocenters. The highest BCUT2D eigenvalue weighted by Gasteiger charge is 2.10. The van der Waals surface area contributed by atoms with Crippen molar-refractivity contribution in [2.75, 3.05) is 13.1 Å². The Morgan fingerprint density at radius 1 is 0.938 bits per heavy atom. The summed E-state index contributed by atoms with van der Waals surface area (Å²) in [4.78, 5) is 30.7. The van der Waals surface area contributed by atoms with Gasteiger partial charge in [0.1, 0.15) is 5.75 Å². The van der Waals surface area contributed by atoms with Gasteiger partial charge in [0, 0.05) is 19.2 Å². The van der Waals surface area contributed by atoms with Crippen LogP contribution in [0, 0.1) is 0 Å². The first-order valence-electron chi connectivity index (χ1n) is 10.9. The van der Waals surface area contributed by atoms with Crippen LogP contribution in [0.2, 0.25) is 0 Å². The molecule has 2 aromatic carbocycles. The zero-order valence-electron chi connectivity index (χ0n) is 18.8. The number of hydrogen-bond acceptors (Lipinski definition) is 4. The number of ether oxygens (including phenoxy) is 1. The molecule has 0 unspecified atom stereocenters. The molecule has 0 aliphatic rings. The largest absolute Gasteiger partial charge is 0.423 e. The van der Waals surface area contributed by atoms with E-state index >= 15 is 0 Å². The smallest absolute Gasteiger partial charge is 0.343 e. The molecule has 0 fully saturated rings. The van der Waals surface area contributed by atoms with E-state index in [2.05, 4.69) is 18.8 Å². The van der Waals surface area contributed by atoms with Crippen molar-refractivity contribution in [1.29, 1.82) is 0 Å². The lowest BCUT2D eigenvalue weighted by Crippen LogP contribution is -2.31. The van der Waals surface area contributed by atoms with E-state index in [0.29, 0.717) is 17.0 Å². The van der Waals surface area contributed by atoms with Gasteiger partial charge in [0.2, 0.25) is 5.91 Å². The maximum absolute atomic E-state index is 12.5. The average Bonchev–Trinajstić information content (AvgIpc) is 2.78. The van der Waals surface area contributed by atoms with E-state index in [4.69, 9.17) is 16.2 Å². The number of carbonyl (C=O) groups excluding carboxylic acids is 2. The molecule has 2 rings (SSSR count). The molecule has 2 aromatic rings. The third kappa shape index (κ3) is 8.26. The standard InChI is InChI=1S/C25H32N4O3/c1-3-5-17-29(18-6-4-2)23(30)16-9-19-7-14-22(15-8-19)32-24(31)20-10-12-21(13-11-20)28-25(26)27/h7-16H,3-6,17-18H2,1-2H3,(H4,26,27,28)/b16-9+. The van der Waals surface area contributed by atoms with Gasteiger partial charge in [-0.05, 0) is 60.9 Å². The fourth-order valence-electron chi connectivity index (χ4n) is 2.94. The Kier molecular flexibility index (Phi) is 9.97. The van der Waals surface area contributed by atoms with Crippen LogP contribution in [0.15, 0.2) is 59.6 Å². The summed E-state index contributed by atoms with van der Waals surface area (Å²) in [7, 11) is 0. The summed E-state index contributed by atoms with van der Waals surface area (Å²) in [6.45, 7) is 5.80. The van der Waals surface area contributed by atoms with E-state index in [1.165, 1.54) is 0 Å². The Hall–Kier alpha value is -3.61. The van der Waals surface area contributed by atoms with Crippen LogP contribution in [-0.4, -0.2) is 35.8 Å². The number of amides is 1. The fourth-order valence-corrected chi connectivity index (χ4v) is 2.94. The topological polar surface area (TPSA) is 111 Å². The normalized spacial score (nSPS) is 10.7. The highest BCUT2D eigenvalue weighted by atomic mass is 16.5. The van der Waals surface area contributed by atoms with E-state index in [1.54, 1.807) is 60.7 Å². The molecule has 7 nitrogen and oxygen atoms in total. The Balaban J connectivity index is 1.96. The van der Waals surface area contributed by atoms with E-state index in [0.717, 1.165) is 44.3 Å². The van der Waals surface area contributed by atoms with Crippen LogP contribution >= 0.6 is 0 Å². The summed E-state index contributed by atoms with van der Waals surface area (Å²) >= 11 is 0. The molecule has 1 amide bonds. The molecule has 0 aromatic heterocycles. The van der Waals surface area contributed by atoms with Crippen molar-refractivity contribution < 1.29 is 14.3 Å². The van der Waals surface area contributed by atoms with E-state index in [1.807, 2.05) is 4.90 Å².